The number of anilines is 1. The molecule has 3 fully saturated rings. The van der Waals surface area contributed by atoms with Gasteiger partial charge in [-0.15, -0.1) is 0 Å². The van der Waals surface area contributed by atoms with E-state index in [0.717, 1.165) is 51.6 Å². The van der Waals surface area contributed by atoms with E-state index in [0.29, 0.717) is 17.6 Å². The van der Waals surface area contributed by atoms with Crippen LogP contribution in [0.5, 0.6) is 0 Å². The topological polar surface area (TPSA) is 55.0 Å². The first-order valence-corrected chi connectivity index (χ1v) is 12.4. The van der Waals surface area contributed by atoms with Crippen LogP contribution in [-0.4, -0.2) is 97.6 Å². The molecule has 3 saturated heterocycles. The Hall–Kier alpha value is -2.48. The van der Waals surface area contributed by atoms with Crippen molar-refractivity contribution in [1.29, 1.82) is 0 Å². The van der Waals surface area contributed by atoms with Gasteiger partial charge in [0.2, 0.25) is 0 Å². The molecule has 4 heterocycles. The number of likely N-dealkylation sites (tertiary alicyclic amines) is 1. The van der Waals surface area contributed by atoms with Crippen LogP contribution < -0.4 is 10.2 Å². The molecule has 1 aromatic heterocycles. The first kappa shape index (κ1) is 22.3. The van der Waals surface area contributed by atoms with Gasteiger partial charge in [-0.2, -0.15) is 0 Å². The molecule has 0 aliphatic carbocycles. The van der Waals surface area contributed by atoms with Crippen molar-refractivity contribution in [2.24, 2.45) is 0 Å². The monoisotopic (exact) mass is 448 g/mol. The summed E-state index contributed by atoms with van der Waals surface area (Å²) in [7, 11) is 2.20. The lowest BCUT2D eigenvalue weighted by molar-refractivity contribution is 0.0475. The van der Waals surface area contributed by atoms with E-state index in [1.54, 1.807) is 6.20 Å². The lowest BCUT2D eigenvalue weighted by Crippen LogP contribution is -2.54. The number of amides is 1. The molecule has 0 unspecified atom stereocenters. The smallest absolute Gasteiger partial charge is 0.255 e. The summed E-state index contributed by atoms with van der Waals surface area (Å²) in [4.78, 5) is 27.1. The summed E-state index contributed by atoms with van der Waals surface area (Å²) in [5, 5.41) is 3.60. The zero-order chi connectivity index (χ0) is 22.6. The lowest BCUT2D eigenvalue weighted by Gasteiger charge is -2.42. The number of carbonyl (C=O) groups is 1. The summed E-state index contributed by atoms with van der Waals surface area (Å²) >= 11 is 0. The maximum Gasteiger partial charge on any atom is 0.255 e. The van der Waals surface area contributed by atoms with E-state index in [4.69, 9.17) is 0 Å². The molecule has 33 heavy (non-hydrogen) atoms. The number of benzene rings is 1. The van der Waals surface area contributed by atoms with Gasteiger partial charge in [-0.3, -0.25) is 9.69 Å². The SMILES string of the molecule is CN1CCC(N2CCN(C(=O)c3ccc(N4CCN[C@@H](c5ccccc5)C4)nc3)CC2)CC1. The fourth-order valence-electron chi connectivity index (χ4n) is 5.40. The summed E-state index contributed by atoms with van der Waals surface area (Å²) in [6.45, 7) is 8.66. The summed E-state index contributed by atoms with van der Waals surface area (Å²) in [6.07, 6.45) is 4.25. The molecular weight excluding hydrogens is 412 g/mol. The molecule has 0 spiro atoms. The predicted octanol–water partition coefficient (Wildman–Crippen LogP) is 2.08. The van der Waals surface area contributed by atoms with Gasteiger partial charge >= 0.3 is 0 Å². The average Bonchev–Trinajstić information content (AvgIpc) is 2.89. The second kappa shape index (κ2) is 10.2. The van der Waals surface area contributed by atoms with Crippen molar-refractivity contribution in [2.75, 3.05) is 70.9 Å². The number of nitrogens with one attached hydrogen (secondary N) is 1. The van der Waals surface area contributed by atoms with Gasteiger partial charge in [-0.1, -0.05) is 30.3 Å². The van der Waals surface area contributed by atoms with Crippen LogP contribution in [0.2, 0.25) is 0 Å². The second-order valence-electron chi connectivity index (χ2n) is 9.63. The van der Waals surface area contributed by atoms with E-state index >= 15 is 0 Å². The summed E-state index contributed by atoms with van der Waals surface area (Å²) in [5.74, 6) is 1.06. The van der Waals surface area contributed by atoms with Crippen LogP contribution in [0.1, 0.15) is 34.8 Å². The predicted molar refractivity (Wildman–Crippen MR) is 132 cm³/mol. The summed E-state index contributed by atoms with van der Waals surface area (Å²) in [5.41, 5.74) is 2.00. The number of pyridine rings is 1. The second-order valence-corrected chi connectivity index (χ2v) is 9.63. The van der Waals surface area contributed by atoms with Crippen LogP contribution in [-0.2, 0) is 0 Å². The Kier molecular flexibility index (Phi) is 6.90. The van der Waals surface area contributed by atoms with E-state index in [2.05, 4.69) is 62.4 Å². The standard InChI is InChI=1S/C26H36N6O/c1-29-12-9-23(10-13-29)30-15-17-31(18-16-30)26(33)22-7-8-25(28-19-22)32-14-11-27-24(20-32)21-5-3-2-4-6-21/h2-8,19,23-24,27H,9-18,20H2,1H3/t24-/m1/s1. The number of rotatable bonds is 4. The Morgan fingerprint density at radius 2 is 1.70 bits per heavy atom. The van der Waals surface area contributed by atoms with Crippen LogP contribution in [0.15, 0.2) is 48.7 Å². The molecule has 1 atom stereocenters. The third kappa shape index (κ3) is 5.21. The van der Waals surface area contributed by atoms with Crippen LogP contribution in [0.25, 0.3) is 0 Å². The van der Waals surface area contributed by atoms with Gasteiger partial charge in [0.25, 0.3) is 5.91 Å². The highest BCUT2D eigenvalue weighted by atomic mass is 16.2. The van der Waals surface area contributed by atoms with Crippen LogP contribution in [0.4, 0.5) is 5.82 Å². The lowest BCUT2D eigenvalue weighted by atomic mass is 10.0. The van der Waals surface area contributed by atoms with Crippen molar-refractivity contribution in [1.82, 2.24) is 25.0 Å². The fourth-order valence-corrected chi connectivity index (χ4v) is 5.40. The van der Waals surface area contributed by atoms with Gasteiger partial charge < -0.3 is 20.0 Å². The average molecular weight is 449 g/mol. The quantitative estimate of drug-likeness (QED) is 0.773. The van der Waals surface area contributed by atoms with Crippen molar-refractivity contribution in [2.45, 2.75) is 24.9 Å². The van der Waals surface area contributed by atoms with Gasteiger partial charge in [0.05, 0.1) is 5.56 Å². The Bertz CT molecular complexity index is 904. The largest absolute Gasteiger partial charge is 0.353 e. The van der Waals surface area contributed by atoms with Crippen LogP contribution >= 0.6 is 0 Å². The molecule has 0 bridgehead atoms. The highest BCUT2D eigenvalue weighted by Gasteiger charge is 2.29. The maximum absolute atomic E-state index is 13.1. The van der Waals surface area contributed by atoms with Crippen LogP contribution in [0, 0.1) is 0 Å². The maximum atomic E-state index is 13.1. The first-order chi connectivity index (χ1) is 16.2. The third-order valence-electron chi connectivity index (χ3n) is 7.50. The summed E-state index contributed by atoms with van der Waals surface area (Å²) in [6, 6.07) is 15.5. The Morgan fingerprint density at radius 3 is 2.39 bits per heavy atom. The van der Waals surface area contributed by atoms with Crippen molar-refractivity contribution in [3.63, 3.8) is 0 Å². The molecule has 2 aromatic rings. The number of carbonyl (C=O) groups excluding carboxylic acids is 1. The minimum Gasteiger partial charge on any atom is -0.353 e. The molecule has 7 nitrogen and oxygen atoms in total. The molecule has 7 heteroatoms. The number of hydrogen-bond acceptors (Lipinski definition) is 6. The van der Waals surface area contributed by atoms with E-state index in [-0.39, 0.29) is 5.91 Å². The van der Waals surface area contributed by atoms with E-state index in [1.165, 1.54) is 31.5 Å². The molecule has 0 radical (unpaired) electrons. The number of piperidine rings is 1. The molecule has 3 aliphatic rings. The highest BCUT2D eigenvalue weighted by Crippen LogP contribution is 2.22. The number of piperazine rings is 2. The molecule has 1 aromatic carbocycles. The normalized spacial score (nSPS) is 23.6. The molecule has 5 rings (SSSR count). The summed E-state index contributed by atoms with van der Waals surface area (Å²) < 4.78 is 0. The van der Waals surface area contributed by atoms with Gasteiger partial charge in [-0.05, 0) is 50.7 Å². The zero-order valence-electron chi connectivity index (χ0n) is 19.7. The molecule has 1 amide bonds. The van der Waals surface area contributed by atoms with Crippen molar-refractivity contribution in [3.05, 3.63) is 59.8 Å². The van der Waals surface area contributed by atoms with Gasteiger partial charge in [0.1, 0.15) is 5.82 Å². The van der Waals surface area contributed by atoms with Crippen LogP contribution in [0.3, 0.4) is 0 Å². The van der Waals surface area contributed by atoms with E-state index < -0.39 is 0 Å². The molecular formula is C26H36N6O. The number of aromatic nitrogens is 1. The molecule has 0 saturated carbocycles. The highest BCUT2D eigenvalue weighted by molar-refractivity contribution is 5.94. The third-order valence-corrected chi connectivity index (χ3v) is 7.50. The minimum atomic E-state index is 0.111. The first-order valence-electron chi connectivity index (χ1n) is 12.4. The zero-order valence-corrected chi connectivity index (χ0v) is 19.7. The minimum absolute atomic E-state index is 0.111. The Morgan fingerprint density at radius 1 is 0.939 bits per heavy atom. The number of hydrogen-bond donors (Lipinski definition) is 1. The molecule has 1 N–H and O–H groups in total. The fraction of sp³-hybridized carbons (Fsp3) is 0.538. The van der Waals surface area contributed by atoms with Gasteiger partial charge in [-0.25, -0.2) is 4.98 Å². The van der Waals surface area contributed by atoms with Crippen molar-refractivity contribution in [3.8, 4) is 0 Å². The number of nitrogens with zero attached hydrogens (tertiary/aromatic N) is 5. The van der Waals surface area contributed by atoms with Crippen molar-refractivity contribution >= 4 is 11.7 Å². The van der Waals surface area contributed by atoms with Crippen molar-refractivity contribution < 1.29 is 4.79 Å². The van der Waals surface area contributed by atoms with Gasteiger partial charge in [0.15, 0.2) is 0 Å². The van der Waals surface area contributed by atoms with E-state index in [9.17, 15) is 4.79 Å². The van der Waals surface area contributed by atoms with E-state index in [1.807, 2.05) is 17.0 Å². The molecule has 176 valence electrons. The molecule has 3 aliphatic heterocycles. The Labute approximate surface area is 197 Å². The Balaban J connectivity index is 1.16. The van der Waals surface area contributed by atoms with Gasteiger partial charge in [0, 0.05) is 64.1 Å².